The minimum absolute atomic E-state index is 0.189. The molecule has 0 aliphatic rings. The lowest BCUT2D eigenvalue weighted by molar-refractivity contribution is 0.130. The predicted octanol–water partition coefficient (Wildman–Crippen LogP) is 15.5. The number of benzene rings is 6. The molecule has 0 atom stereocenters. The van der Waals surface area contributed by atoms with Crippen molar-refractivity contribution in [1.82, 2.24) is 0 Å². The fourth-order valence-electron chi connectivity index (χ4n) is 6.36. The Morgan fingerprint density at radius 3 is 0.540 bits per heavy atom. The van der Waals surface area contributed by atoms with Crippen molar-refractivity contribution in [2.75, 3.05) is 0 Å². The van der Waals surface area contributed by atoms with Gasteiger partial charge in [-0.05, 0) is 237 Å². The fraction of sp³-hybridized carbons (Fsp3) is 0.357. The highest BCUT2D eigenvalue weighted by atomic mass is 32.2. The van der Waals surface area contributed by atoms with E-state index in [-0.39, 0.29) is 49.8 Å². The van der Waals surface area contributed by atoms with Gasteiger partial charge in [-0.1, -0.05) is 18.2 Å². The molecule has 0 amide bonds. The molecule has 0 bridgehead atoms. The summed E-state index contributed by atoms with van der Waals surface area (Å²) in [5.41, 5.74) is -1.09. The van der Waals surface area contributed by atoms with E-state index < -0.39 is 0 Å². The lowest BCUT2D eigenvalue weighted by atomic mass is 10.2. The molecular weight excluding hydrogens is 817 g/mol. The van der Waals surface area contributed by atoms with E-state index in [1.54, 1.807) is 0 Å². The van der Waals surface area contributed by atoms with E-state index in [1.165, 1.54) is 29.4 Å². The first-order valence-corrected chi connectivity index (χ1v) is 24.2. The van der Waals surface area contributed by atoms with Gasteiger partial charge in [-0.15, -0.1) is 0 Å². The summed E-state index contributed by atoms with van der Waals surface area (Å²) in [4.78, 5) is 7.52. The number of rotatable bonds is 11. The van der Waals surface area contributed by atoms with Gasteiger partial charge in [0.15, 0.2) is 29.4 Å². The van der Waals surface area contributed by atoms with Crippen LogP contribution in [0, 0.1) is 0 Å². The molecule has 6 rings (SSSR count). The summed E-state index contributed by atoms with van der Waals surface area (Å²) in [6.07, 6.45) is 0. The Hall–Kier alpha value is -4.98. The minimum atomic E-state index is -0.276. The Bertz CT molecular complexity index is 2090. The van der Waals surface area contributed by atoms with E-state index in [0.29, 0.717) is 0 Å². The van der Waals surface area contributed by atoms with E-state index in [0.717, 1.165) is 28.7 Å². The van der Waals surface area contributed by atoms with Crippen molar-refractivity contribution in [1.29, 1.82) is 0 Å². The monoisotopic (exact) mass is 886 g/mol. The predicted molar refractivity (Wildman–Crippen MR) is 265 cm³/mol. The second kappa shape index (κ2) is 20.2. The summed E-state index contributed by atoms with van der Waals surface area (Å²) in [5, 5.41) is 0. The number of ether oxygens (including phenoxy) is 5. The molecule has 5 nitrogen and oxygen atoms in total. The van der Waals surface area contributed by atoms with Crippen LogP contribution in [0.25, 0.3) is 0 Å². The third-order valence-electron chi connectivity index (χ3n) is 8.40. The molecule has 6 aromatic carbocycles. The van der Waals surface area contributed by atoms with Gasteiger partial charge < -0.3 is 23.7 Å². The molecule has 6 aromatic rings. The topological polar surface area (TPSA) is 46.2 Å². The quantitative estimate of drug-likeness (QED) is 0.121. The molecular formula is C56H70O5S2+2. The third-order valence-corrected chi connectivity index (χ3v) is 12.9. The Balaban J connectivity index is 0.000000240. The summed E-state index contributed by atoms with van der Waals surface area (Å²) >= 11 is 0. The van der Waals surface area contributed by atoms with Crippen molar-refractivity contribution in [2.45, 2.75) is 161 Å². The van der Waals surface area contributed by atoms with Crippen molar-refractivity contribution < 1.29 is 23.7 Å². The van der Waals surface area contributed by atoms with Gasteiger partial charge in [0.2, 0.25) is 0 Å². The molecule has 0 heterocycles. The lowest BCUT2D eigenvalue weighted by Crippen LogP contribution is -2.23. The van der Waals surface area contributed by atoms with Crippen molar-refractivity contribution >= 4 is 21.8 Å². The zero-order valence-corrected chi connectivity index (χ0v) is 41.9. The van der Waals surface area contributed by atoms with Gasteiger partial charge in [-0.25, -0.2) is 0 Å². The van der Waals surface area contributed by atoms with Gasteiger partial charge in [0.25, 0.3) is 0 Å². The average molecular weight is 887 g/mol. The maximum absolute atomic E-state index is 6.04. The van der Waals surface area contributed by atoms with E-state index in [4.69, 9.17) is 23.7 Å². The number of hydrogen-bond acceptors (Lipinski definition) is 5. The number of hydrogen-bond donors (Lipinski definition) is 0. The third kappa shape index (κ3) is 16.6. The molecule has 0 aliphatic carbocycles. The Labute approximate surface area is 385 Å². The molecule has 0 saturated carbocycles. The van der Waals surface area contributed by atoms with Gasteiger partial charge in [-0.2, -0.15) is 0 Å². The van der Waals surface area contributed by atoms with Gasteiger partial charge in [0.05, 0.1) is 21.8 Å². The van der Waals surface area contributed by atoms with Crippen LogP contribution in [0.2, 0.25) is 0 Å². The Kier molecular flexibility index (Phi) is 15.8. The van der Waals surface area contributed by atoms with E-state index >= 15 is 0 Å². The molecule has 0 unspecified atom stereocenters. The molecule has 334 valence electrons. The first-order valence-electron chi connectivity index (χ1n) is 21.8. The summed E-state index contributed by atoms with van der Waals surface area (Å²) in [6.45, 7) is 31.0. The van der Waals surface area contributed by atoms with Crippen molar-refractivity contribution in [2.24, 2.45) is 0 Å². The van der Waals surface area contributed by atoms with Crippen LogP contribution in [0.1, 0.15) is 104 Å². The van der Waals surface area contributed by atoms with Gasteiger partial charge in [0.1, 0.15) is 56.8 Å². The lowest BCUT2D eigenvalue weighted by Gasteiger charge is -2.22. The molecule has 0 spiro atoms. The molecule has 0 radical (unpaired) electrons. The fourth-order valence-corrected chi connectivity index (χ4v) is 10.5. The summed E-state index contributed by atoms with van der Waals surface area (Å²) < 4.78 is 30.1. The highest BCUT2D eigenvalue weighted by Gasteiger charge is 2.31. The SMILES string of the molecule is CC(C)(C)Oc1ccc([S+](c2ccc(OC(C)(C)C)cc2)c2ccc(OC(C)(C)C)cc2)cc1.CC(C)(C)Oc1ccc([S+](c2ccccc2)c2ccc(OC(C)(C)C)cc2)cc1. The van der Waals surface area contributed by atoms with Crippen LogP contribution >= 0.6 is 0 Å². The van der Waals surface area contributed by atoms with Crippen LogP contribution in [-0.4, -0.2) is 28.0 Å². The summed E-state index contributed by atoms with van der Waals surface area (Å²) in [7, 11) is -0.464. The van der Waals surface area contributed by atoms with E-state index in [1.807, 2.05) is 0 Å². The first-order chi connectivity index (χ1) is 29.3. The van der Waals surface area contributed by atoms with Crippen LogP contribution in [0.3, 0.4) is 0 Å². The molecule has 0 aliphatic heterocycles. The maximum atomic E-state index is 6.04. The van der Waals surface area contributed by atoms with Crippen LogP contribution < -0.4 is 23.7 Å². The molecule has 0 aromatic heterocycles. The standard InChI is InChI=1S/C30H39O3S.C26H31O2S/c1-28(2,3)31-22-10-16-25(17-11-22)34(26-18-12-23(13-19-26)32-29(4,5)6)27-20-14-24(15-21-27)33-30(7,8)9;1-25(2,3)27-20-12-16-23(17-13-20)29(22-10-8-7-9-11-22)24-18-14-21(15-19-24)28-26(4,5)6/h10-21H,1-9H3;7-19H,1-6H3/q2*+1. The van der Waals surface area contributed by atoms with Gasteiger partial charge in [-0.3, -0.25) is 0 Å². The second-order valence-corrected chi connectivity index (χ2v) is 24.4. The van der Waals surface area contributed by atoms with Crippen molar-refractivity contribution in [3.63, 3.8) is 0 Å². The zero-order valence-electron chi connectivity index (χ0n) is 40.3. The Morgan fingerprint density at radius 1 is 0.222 bits per heavy atom. The normalized spacial score (nSPS) is 12.3. The smallest absolute Gasteiger partial charge is 0.166 e. The van der Waals surface area contributed by atoms with Crippen LogP contribution in [0.4, 0.5) is 0 Å². The van der Waals surface area contributed by atoms with Gasteiger partial charge in [0, 0.05) is 0 Å². The van der Waals surface area contributed by atoms with E-state index in [2.05, 4.69) is 256 Å². The molecule has 0 saturated heterocycles. The zero-order chi connectivity index (χ0) is 46.2. The van der Waals surface area contributed by atoms with Crippen LogP contribution in [0.5, 0.6) is 28.7 Å². The second-order valence-electron chi connectivity index (χ2n) is 20.4. The van der Waals surface area contributed by atoms with Crippen LogP contribution in [0.15, 0.2) is 181 Å². The highest BCUT2D eigenvalue weighted by Crippen LogP contribution is 2.36. The summed E-state index contributed by atoms with van der Waals surface area (Å²) in [5.74, 6) is 4.42. The first kappa shape index (κ1) is 49.0. The largest absolute Gasteiger partial charge is 0.488 e. The maximum Gasteiger partial charge on any atom is 0.166 e. The van der Waals surface area contributed by atoms with Crippen molar-refractivity contribution in [3.8, 4) is 28.7 Å². The molecule has 0 fully saturated rings. The highest BCUT2D eigenvalue weighted by molar-refractivity contribution is 7.97. The van der Waals surface area contributed by atoms with Crippen LogP contribution in [-0.2, 0) is 21.8 Å². The van der Waals surface area contributed by atoms with Gasteiger partial charge >= 0.3 is 0 Å². The summed E-state index contributed by atoms with van der Waals surface area (Å²) in [6, 6.07) is 53.1. The molecule has 0 N–H and O–H groups in total. The Morgan fingerprint density at radius 2 is 0.381 bits per heavy atom. The van der Waals surface area contributed by atoms with E-state index in [9.17, 15) is 0 Å². The molecule has 7 heteroatoms. The average Bonchev–Trinajstić information content (AvgIpc) is 3.16. The minimum Gasteiger partial charge on any atom is -0.488 e. The molecule has 63 heavy (non-hydrogen) atoms. The van der Waals surface area contributed by atoms with Crippen molar-refractivity contribution in [3.05, 3.63) is 152 Å².